The maximum atomic E-state index is 6.36. The van der Waals surface area contributed by atoms with E-state index in [1.54, 1.807) is 0 Å². The van der Waals surface area contributed by atoms with E-state index in [4.69, 9.17) is 10.5 Å². The molecule has 1 aliphatic heterocycles. The Morgan fingerprint density at radius 1 is 1.05 bits per heavy atom. The summed E-state index contributed by atoms with van der Waals surface area (Å²) in [5.74, 6) is 0. The van der Waals surface area contributed by atoms with Crippen molar-refractivity contribution in [3.8, 4) is 0 Å². The average molecular weight is 266 g/mol. The molecule has 2 saturated carbocycles. The Labute approximate surface area is 117 Å². The van der Waals surface area contributed by atoms with Gasteiger partial charge in [-0.1, -0.05) is 25.7 Å². The van der Waals surface area contributed by atoms with Crippen LogP contribution in [-0.2, 0) is 4.74 Å². The van der Waals surface area contributed by atoms with E-state index in [0.717, 1.165) is 6.61 Å². The first-order valence-corrected chi connectivity index (χ1v) is 8.32. The summed E-state index contributed by atoms with van der Waals surface area (Å²) in [4.78, 5) is 2.62. The standard InChI is InChI=1S/C16H30N2O/c1-18(15-7-3-2-6-14(15)17)13-8-11-19-16(12-13)9-4-5-10-16/h13-15H,2-12,17H2,1H3. The van der Waals surface area contributed by atoms with Crippen LogP contribution in [0, 0.1) is 0 Å². The highest BCUT2D eigenvalue weighted by molar-refractivity contribution is 4.96. The van der Waals surface area contributed by atoms with E-state index in [0.29, 0.717) is 18.1 Å². The van der Waals surface area contributed by atoms with Crippen molar-refractivity contribution < 1.29 is 4.74 Å². The molecule has 0 aromatic carbocycles. The van der Waals surface area contributed by atoms with Crippen molar-refractivity contribution in [1.82, 2.24) is 4.90 Å². The van der Waals surface area contributed by atoms with Crippen LogP contribution in [0.15, 0.2) is 0 Å². The number of ether oxygens (including phenoxy) is 1. The molecular weight excluding hydrogens is 236 g/mol. The minimum atomic E-state index is 0.232. The fourth-order valence-corrected chi connectivity index (χ4v) is 4.63. The van der Waals surface area contributed by atoms with Crippen LogP contribution in [0.1, 0.15) is 64.2 Å². The maximum absolute atomic E-state index is 6.36. The molecule has 0 amide bonds. The molecule has 0 aromatic rings. The zero-order chi connectivity index (χ0) is 13.3. The number of likely N-dealkylation sites (N-methyl/N-ethyl adjacent to an activating group) is 1. The predicted molar refractivity (Wildman–Crippen MR) is 78.2 cm³/mol. The van der Waals surface area contributed by atoms with Crippen LogP contribution >= 0.6 is 0 Å². The number of hydrogen-bond donors (Lipinski definition) is 1. The zero-order valence-electron chi connectivity index (χ0n) is 12.4. The lowest BCUT2D eigenvalue weighted by Crippen LogP contribution is -2.55. The van der Waals surface area contributed by atoms with Crippen molar-refractivity contribution >= 4 is 0 Å². The molecule has 0 bridgehead atoms. The number of nitrogens with zero attached hydrogens (tertiary/aromatic N) is 1. The van der Waals surface area contributed by atoms with Crippen molar-refractivity contribution in [3.05, 3.63) is 0 Å². The van der Waals surface area contributed by atoms with E-state index < -0.39 is 0 Å². The topological polar surface area (TPSA) is 38.5 Å². The summed E-state index contributed by atoms with van der Waals surface area (Å²) in [7, 11) is 2.31. The molecule has 19 heavy (non-hydrogen) atoms. The van der Waals surface area contributed by atoms with E-state index in [1.807, 2.05) is 0 Å². The van der Waals surface area contributed by atoms with Gasteiger partial charge in [-0.05, 0) is 45.6 Å². The van der Waals surface area contributed by atoms with Gasteiger partial charge in [0.1, 0.15) is 0 Å². The Morgan fingerprint density at radius 2 is 1.79 bits per heavy atom. The summed E-state index contributed by atoms with van der Waals surface area (Å²) in [5, 5.41) is 0. The molecule has 1 spiro atoms. The minimum Gasteiger partial charge on any atom is -0.375 e. The highest BCUT2D eigenvalue weighted by Crippen LogP contribution is 2.41. The summed E-state index contributed by atoms with van der Waals surface area (Å²) < 4.78 is 6.16. The Morgan fingerprint density at radius 3 is 2.53 bits per heavy atom. The van der Waals surface area contributed by atoms with Gasteiger partial charge in [0.05, 0.1) is 5.60 Å². The molecule has 1 heterocycles. The van der Waals surface area contributed by atoms with Gasteiger partial charge in [0, 0.05) is 24.7 Å². The second-order valence-electron chi connectivity index (χ2n) is 7.07. The van der Waals surface area contributed by atoms with Crippen molar-refractivity contribution in [2.75, 3.05) is 13.7 Å². The van der Waals surface area contributed by atoms with Crippen LogP contribution in [0.25, 0.3) is 0 Å². The first kappa shape index (κ1) is 13.8. The minimum absolute atomic E-state index is 0.232. The van der Waals surface area contributed by atoms with Gasteiger partial charge in [0.25, 0.3) is 0 Å². The van der Waals surface area contributed by atoms with E-state index in [2.05, 4.69) is 11.9 Å². The van der Waals surface area contributed by atoms with Gasteiger partial charge >= 0.3 is 0 Å². The molecule has 1 saturated heterocycles. The molecular formula is C16H30N2O. The van der Waals surface area contributed by atoms with Crippen LogP contribution in [0.5, 0.6) is 0 Å². The predicted octanol–water partition coefficient (Wildman–Crippen LogP) is 2.68. The van der Waals surface area contributed by atoms with E-state index >= 15 is 0 Å². The highest BCUT2D eigenvalue weighted by atomic mass is 16.5. The van der Waals surface area contributed by atoms with Gasteiger partial charge in [0.15, 0.2) is 0 Å². The number of rotatable bonds is 2. The van der Waals surface area contributed by atoms with Gasteiger partial charge in [0.2, 0.25) is 0 Å². The van der Waals surface area contributed by atoms with Gasteiger partial charge < -0.3 is 10.5 Å². The molecule has 3 fully saturated rings. The normalized spacial score (nSPS) is 39.0. The van der Waals surface area contributed by atoms with Gasteiger partial charge in [-0.2, -0.15) is 0 Å². The third-order valence-corrected chi connectivity index (χ3v) is 5.86. The molecule has 3 unspecified atom stereocenters. The van der Waals surface area contributed by atoms with Crippen LogP contribution in [0.4, 0.5) is 0 Å². The van der Waals surface area contributed by atoms with E-state index in [-0.39, 0.29) is 5.60 Å². The van der Waals surface area contributed by atoms with Gasteiger partial charge in [-0.3, -0.25) is 4.90 Å². The molecule has 3 atom stereocenters. The fraction of sp³-hybridized carbons (Fsp3) is 1.00. The number of nitrogens with two attached hydrogens (primary N) is 1. The second kappa shape index (κ2) is 5.71. The molecule has 2 N–H and O–H groups in total. The third kappa shape index (κ3) is 2.84. The van der Waals surface area contributed by atoms with Crippen LogP contribution in [0.2, 0.25) is 0 Å². The highest BCUT2D eigenvalue weighted by Gasteiger charge is 2.42. The lowest BCUT2D eigenvalue weighted by atomic mass is 9.84. The van der Waals surface area contributed by atoms with Gasteiger partial charge in [-0.15, -0.1) is 0 Å². The summed E-state index contributed by atoms with van der Waals surface area (Å²) in [5.41, 5.74) is 6.59. The Kier molecular flexibility index (Phi) is 4.16. The Balaban J connectivity index is 1.64. The fourth-order valence-electron chi connectivity index (χ4n) is 4.63. The van der Waals surface area contributed by atoms with Crippen LogP contribution in [0.3, 0.4) is 0 Å². The van der Waals surface area contributed by atoms with Crippen molar-refractivity contribution in [2.24, 2.45) is 5.73 Å². The van der Waals surface area contributed by atoms with Crippen LogP contribution in [-0.4, -0.2) is 42.3 Å². The molecule has 3 aliphatic rings. The number of hydrogen-bond acceptors (Lipinski definition) is 3. The van der Waals surface area contributed by atoms with Crippen molar-refractivity contribution in [1.29, 1.82) is 0 Å². The van der Waals surface area contributed by atoms with Gasteiger partial charge in [-0.25, -0.2) is 0 Å². The van der Waals surface area contributed by atoms with Crippen molar-refractivity contribution in [2.45, 2.75) is 87.9 Å². The summed E-state index contributed by atoms with van der Waals surface area (Å²) in [6.07, 6.45) is 12.9. The molecule has 0 radical (unpaired) electrons. The summed E-state index contributed by atoms with van der Waals surface area (Å²) in [6.45, 7) is 0.955. The van der Waals surface area contributed by atoms with Crippen molar-refractivity contribution in [3.63, 3.8) is 0 Å². The molecule has 0 aromatic heterocycles. The maximum Gasteiger partial charge on any atom is 0.0697 e. The summed E-state index contributed by atoms with van der Waals surface area (Å²) in [6, 6.07) is 1.69. The first-order chi connectivity index (χ1) is 9.20. The van der Waals surface area contributed by atoms with E-state index in [1.165, 1.54) is 64.2 Å². The Bertz CT molecular complexity index is 301. The van der Waals surface area contributed by atoms with E-state index in [9.17, 15) is 0 Å². The van der Waals surface area contributed by atoms with Crippen LogP contribution < -0.4 is 5.73 Å². The summed E-state index contributed by atoms with van der Waals surface area (Å²) >= 11 is 0. The second-order valence-corrected chi connectivity index (χ2v) is 7.07. The first-order valence-electron chi connectivity index (χ1n) is 8.32. The molecule has 110 valence electrons. The molecule has 3 nitrogen and oxygen atoms in total. The lowest BCUT2D eigenvalue weighted by Gasteiger charge is -2.46. The largest absolute Gasteiger partial charge is 0.375 e. The smallest absolute Gasteiger partial charge is 0.0697 e. The molecule has 3 heteroatoms. The monoisotopic (exact) mass is 266 g/mol. The lowest BCUT2D eigenvalue weighted by molar-refractivity contribution is -0.105. The Hall–Kier alpha value is -0.120. The zero-order valence-corrected chi connectivity index (χ0v) is 12.4. The average Bonchev–Trinajstić information content (AvgIpc) is 2.86. The molecule has 3 rings (SSSR count). The third-order valence-electron chi connectivity index (χ3n) is 5.86. The molecule has 2 aliphatic carbocycles. The SMILES string of the molecule is CN(C1CCOC2(CCCC2)C1)C1CCCCC1N. The quantitative estimate of drug-likeness (QED) is 0.835.